The van der Waals surface area contributed by atoms with E-state index in [2.05, 4.69) is 40.5 Å². The summed E-state index contributed by atoms with van der Waals surface area (Å²) in [7, 11) is 0. The molecule has 2 aromatic rings. The minimum Gasteiger partial charge on any atom is -0.492 e. The molecule has 1 fully saturated rings. The van der Waals surface area contributed by atoms with Gasteiger partial charge in [-0.25, -0.2) is 0 Å². The van der Waals surface area contributed by atoms with E-state index in [0.717, 1.165) is 39.0 Å². The van der Waals surface area contributed by atoms with E-state index in [0.29, 0.717) is 28.4 Å². The maximum atomic E-state index is 6.12. The van der Waals surface area contributed by atoms with Crippen LogP contribution in [0.15, 0.2) is 48.5 Å². The van der Waals surface area contributed by atoms with Gasteiger partial charge in [0.2, 0.25) is 0 Å². The normalized spacial score (nSPS) is 18.0. The summed E-state index contributed by atoms with van der Waals surface area (Å²) in [5, 5.41) is 4.84. The van der Waals surface area contributed by atoms with Gasteiger partial charge in [-0.05, 0) is 43.0 Å². The van der Waals surface area contributed by atoms with E-state index in [1.54, 1.807) is 12.1 Å². The van der Waals surface area contributed by atoms with E-state index in [9.17, 15) is 0 Å². The van der Waals surface area contributed by atoms with Crippen molar-refractivity contribution in [3.63, 3.8) is 0 Å². The molecule has 0 radical (unpaired) electrons. The Bertz CT molecular complexity index is 681. The van der Waals surface area contributed by atoms with E-state index >= 15 is 0 Å². The molecule has 3 nitrogen and oxygen atoms in total. The molecule has 0 aromatic heterocycles. The van der Waals surface area contributed by atoms with Crippen LogP contribution in [-0.4, -0.2) is 37.2 Å². The summed E-state index contributed by atoms with van der Waals surface area (Å²) in [6.07, 6.45) is 3.33. The third-order valence-corrected chi connectivity index (χ3v) is 5.22. The molecule has 1 aliphatic rings. The van der Waals surface area contributed by atoms with Crippen molar-refractivity contribution in [3.05, 3.63) is 64.1 Å². The van der Waals surface area contributed by atoms with Crippen LogP contribution in [0.2, 0.25) is 10.0 Å². The van der Waals surface area contributed by atoms with Crippen molar-refractivity contribution in [2.75, 3.05) is 26.2 Å². The number of benzene rings is 2. The number of ether oxygens (including phenoxy) is 1. The molecule has 140 valence electrons. The number of unbranched alkanes of at least 4 members (excludes halogenated alkanes) is 1. The Hall–Kier alpha value is -1.26. The summed E-state index contributed by atoms with van der Waals surface area (Å²) in [5.74, 6) is 0.709. The first kappa shape index (κ1) is 19.5. The van der Waals surface area contributed by atoms with Crippen LogP contribution < -0.4 is 10.1 Å². The van der Waals surface area contributed by atoms with Crippen LogP contribution in [-0.2, 0) is 6.54 Å². The van der Waals surface area contributed by atoms with Gasteiger partial charge >= 0.3 is 0 Å². The average molecular weight is 393 g/mol. The smallest absolute Gasteiger partial charge is 0.137 e. The van der Waals surface area contributed by atoms with Crippen LogP contribution in [0.4, 0.5) is 0 Å². The van der Waals surface area contributed by atoms with E-state index < -0.39 is 0 Å². The Balaban J connectivity index is 1.34. The summed E-state index contributed by atoms with van der Waals surface area (Å²) in [6, 6.07) is 16.6. The van der Waals surface area contributed by atoms with Crippen LogP contribution in [0.3, 0.4) is 0 Å². The van der Waals surface area contributed by atoms with E-state index in [-0.39, 0.29) is 0 Å². The SMILES string of the molecule is Clc1ccc(OCCCCC2CN(Cc3ccccc3)CCN2)c(Cl)c1. The minimum atomic E-state index is 0.562. The van der Waals surface area contributed by atoms with Gasteiger partial charge in [0.05, 0.1) is 11.6 Å². The molecular weight excluding hydrogens is 367 g/mol. The molecule has 0 saturated carbocycles. The van der Waals surface area contributed by atoms with E-state index in [1.807, 2.05) is 6.07 Å². The zero-order valence-corrected chi connectivity index (χ0v) is 16.5. The van der Waals surface area contributed by atoms with Crippen molar-refractivity contribution in [2.24, 2.45) is 0 Å². The summed E-state index contributed by atoms with van der Waals surface area (Å²) >= 11 is 12.0. The lowest BCUT2D eigenvalue weighted by atomic mass is 10.1. The Morgan fingerprint density at radius 3 is 2.73 bits per heavy atom. The van der Waals surface area contributed by atoms with Gasteiger partial charge in [-0.1, -0.05) is 53.5 Å². The second kappa shape index (κ2) is 10.2. The monoisotopic (exact) mass is 392 g/mol. The quantitative estimate of drug-likeness (QED) is 0.638. The standard InChI is InChI=1S/C21H26Cl2N2O/c22-18-9-10-21(20(23)14-18)26-13-5-4-8-19-16-25(12-11-24-19)15-17-6-2-1-3-7-17/h1-3,6-7,9-10,14,19,24H,4-5,8,11-13,15-16H2. The first-order valence-corrected chi connectivity index (χ1v) is 10.0. The molecule has 5 heteroatoms. The molecule has 1 unspecified atom stereocenters. The highest BCUT2D eigenvalue weighted by Gasteiger charge is 2.18. The second-order valence-corrected chi connectivity index (χ2v) is 7.63. The lowest BCUT2D eigenvalue weighted by molar-refractivity contribution is 0.184. The Morgan fingerprint density at radius 1 is 1.08 bits per heavy atom. The summed E-state index contributed by atoms with van der Waals surface area (Å²) in [5.41, 5.74) is 1.39. The van der Waals surface area contributed by atoms with Crippen LogP contribution in [0.25, 0.3) is 0 Å². The Kier molecular flexibility index (Phi) is 7.63. The molecule has 1 aliphatic heterocycles. The number of hydrogen-bond donors (Lipinski definition) is 1. The Labute approximate surface area is 166 Å². The maximum absolute atomic E-state index is 6.12. The minimum absolute atomic E-state index is 0.562. The predicted octanol–water partition coefficient (Wildman–Crippen LogP) is 5.02. The van der Waals surface area contributed by atoms with Crippen LogP contribution in [0.5, 0.6) is 5.75 Å². The summed E-state index contributed by atoms with van der Waals surface area (Å²) < 4.78 is 5.76. The van der Waals surface area contributed by atoms with Gasteiger partial charge in [0.15, 0.2) is 0 Å². The molecule has 26 heavy (non-hydrogen) atoms. The predicted molar refractivity (Wildman–Crippen MR) is 109 cm³/mol. The third kappa shape index (κ3) is 6.17. The largest absolute Gasteiger partial charge is 0.492 e. The van der Waals surface area contributed by atoms with Crippen molar-refractivity contribution in [1.82, 2.24) is 10.2 Å². The number of nitrogens with zero attached hydrogens (tertiary/aromatic N) is 1. The third-order valence-electron chi connectivity index (χ3n) is 4.69. The molecule has 1 atom stereocenters. The highest BCUT2D eigenvalue weighted by atomic mass is 35.5. The van der Waals surface area contributed by atoms with Gasteiger partial charge in [0.1, 0.15) is 5.75 Å². The van der Waals surface area contributed by atoms with E-state index in [1.165, 1.54) is 12.0 Å². The van der Waals surface area contributed by atoms with Crippen LogP contribution in [0.1, 0.15) is 24.8 Å². The number of piperazine rings is 1. The molecule has 0 amide bonds. The van der Waals surface area contributed by atoms with Gasteiger partial charge in [0, 0.05) is 37.2 Å². The fourth-order valence-electron chi connectivity index (χ4n) is 3.34. The second-order valence-electron chi connectivity index (χ2n) is 6.79. The molecule has 0 bridgehead atoms. The molecule has 1 N–H and O–H groups in total. The first-order valence-electron chi connectivity index (χ1n) is 9.28. The first-order chi connectivity index (χ1) is 12.7. The number of halogens is 2. The number of rotatable bonds is 8. The van der Waals surface area contributed by atoms with Gasteiger partial charge in [0.25, 0.3) is 0 Å². The lowest BCUT2D eigenvalue weighted by Crippen LogP contribution is -2.50. The highest BCUT2D eigenvalue weighted by molar-refractivity contribution is 6.35. The highest BCUT2D eigenvalue weighted by Crippen LogP contribution is 2.27. The maximum Gasteiger partial charge on any atom is 0.137 e. The van der Waals surface area contributed by atoms with Crippen molar-refractivity contribution >= 4 is 23.2 Å². The van der Waals surface area contributed by atoms with Crippen LogP contribution in [0, 0.1) is 0 Å². The summed E-state index contributed by atoms with van der Waals surface area (Å²) in [4.78, 5) is 2.54. The van der Waals surface area contributed by atoms with Crippen molar-refractivity contribution in [2.45, 2.75) is 31.8 Å². The molecule has 1 heterocycles. The fraction of sp³-hybridized carbons (Fsp3) is 0.429. The van der Waals surface area contributed by atoms with Crippen molar-refractivity contribution in [3.8, 4) is 5.75 Å². The molecule has 2 aromatic carbocycles. The molecular formula is C21H26Cl2N2O. The molecule has 0 spiro atoms. The Morgan fingerprint density at radius 2 is 1.92 bits per heavy atom. The van der Waals surface area contributed by atoms with Crippen LogP contribution >= 0.6 is 23.2 Å². The van der Waals surface area contributed by atoms with Crippen molar-refractivity contribution in [1.29, 1.82) is 0 Å². The molecule has 3 rings (SSSR count). The zero-order chi connectivity index (χ0) is 18.2. The molecule has 0 aliphatic carbocycles. The van der Waals surface area contributed by atoms with E-state index in [4.69, 9.17) is 27.9 Å². The van der Waals surface area contributed by atoms with Gasteiger partial charge in [-0.15, -0.1) is 0 Å². The van der Waals surface area contributed by atoms with Gasteiger partial charge in [-0.2, -0.15) is 0 Å². The topological polar surface area (TPSA) is 24.5 Å². The average Bonchev–Trinajstić information content (AvgIpc) is 2.64. The zero-order valence-electron chi connectivity index (χ0n) is 15.0. The molecule has 1 saturated heterocycles. The van der Waals surface area contributed by atoms with Gasteiger partial charge in [-0.3, -0.25) is 4.90 Å². The lowest BCUT2D eigenvalue weighted by Gasteiger charge is -2.33. The number of hydrogen-bond acceptors (Lipinski definition) is 3. The van der Waals surface area contributed by atoms with Gasteiger partial charge < -0.3 is 10.1 Å². The van der Waals surface area contributed by atoms with Crippen molar-refractivity contribution < 1.29 is 4.74 Å². The summed E-state index contributed by atoms with van der Waals surface area (Å²) in [6.45, 7) is 5.01. The number of nitrogens with one attached hydrogen (secondary N) is 1. The fourth-order valence-corrected chi connectivity index (χ4v) is 3.80.